The fourth-order valence-electron chi connectivity index (χ4n) is 4.61. The van der Waals surface area contributed by atoms with Crippen molar-refractivity contribution < 1.29 is 19.1 Å². The van der Waals surface area contributed by atoms with E-state index in [-0.39, 0.29) is 17.3 Å². The van der Waals surface area contributed by atoms with Gasteiger partial charge in [0.25, 0.3) is 0 Å². The van der Waals surface area contributed by atoms with Gasteiger partial charge in [-0.15, -0.1) is 0 Å². The third-order valence-electron chi connectivity index (χ3n) is 6.43. The lowest BCUT2D eigenvalue weighted by Crippen LogP contribution is -2.38. The summed E-state index contributed by atoms with van der Waals surface area (Å²) in [4.78, 5) is 44.0. The number of thioether (sulfide) groups is 1. The maximum absolute atomic E-state index is 12.9. The van der Waals surface area contributed by atoms with E-state index in [1.807, 2.05) is 4.57 Å². The molecule has 2 aromatic rings. The molecule has 0 atom stereocenters. The number of fused-ring (bicyclic) bond motifs is 1. The second-order valence-corrected chi connectivity index (χ2v) is 9.89. The van der Waals surface area contributed by atoms with E-state index < -0.39 is 5.97 Å². The highest BCUT2D eigenvalue weighted by Crippen LogP contribution is 2.28. The standard InChI is InChI=1S/C26H34N4O5S/c1-2-35-25(32)19-8-10-20(11-9-19)27-23(31)18-36-24-21-6-3-4-7-22(21)30(26(33)28-24)13-5-12-29-14-16-34-17-15-29/h8-11H,2-7,12-18H2,1H3,(H,27,31). The van der Waals surface area contributed by atoms with Gasteiger partial charge < -0.3 is 14.8 Å². The number of nitrogens with zero attached hydrogens (tertiary/aromatic N) is 3. The first-order chi connectivity index (χ1) is 17.5. The molecule has 1 aliphatic heterocycles. The molecule has 2 aliphatic rings. The number of carbonyl (C=O) groups excluding carboxylic acids is 2. The SMILES string of the molecule is CCOC(=O)c1ccc(NC(=O)CSc2nc(=O)n(CCCN3CCOCC3)c3c2CCCC3)cc1. The zero-order valence-corrected chi connectivity index (χ0v) is 21.6. The number of aromatic nitrogens is 2. The highest BCUT2D eigenvalue weighted by atomic mass is 32.2. The lowest BCUT2D eigenvalue weighted by molar-refractivity contribution is -0.113. The highest BCUT2D eigenvalue weighted by Gasteiger charge is 2.21. The van der Waals surface area contributed by atoms with Crippen molar-refractivity contribution in [3.63, 3.8) is 0 Å². The Labute approximate surface area is 215 Å². The lowest BCUT2D eigenvalue weighted by atomic mass is 9.97. The molecule has 1 amide bonds. The normalized spacial score (nSPS) is 15.8. The van der Waals surface area contributed by atoms with Crippen LogP contribution in [-0.4, -0.2) is 71.5 Å². The Morgan fingerprint density at radius 1 is 1.11 bits per heavy atom. The van der Waals surface area contributed by atoms with Gasteiger partial charge in [-0.3, -0.25) is 14.3 Å². The molecule has 0 spiro atoms. The van der Waals surface area contributed by atoms with E-state index in [0.717, 1.165) is 76.2 Å². The number of rotatable bonds is 10. The zero-order valence-electron chi connectivity index (χ0n) is 20.8. The van der Waals surface area contributed by atoms with Crippen molar-refractivity contribution in [1.29, 1.82) is 0 Å². The number of esters is 1. The van der Waals surface area contributed by atoms with Crippen LogP contribution in [0.25, 0.3) is 0 Å². The van der Waals surface area contributed by atoms with E-state index in [1.165, 1.54) is 11.8 Å². The molecule has 36 heavy (non-hydrogen) atoms. The number of hydrogen-bond acceptors (Lipinski definition) is 8. The summed E-state index contributed by atoms with van der Waals surface area (Å²) in [7, 11) is 0. The molecule has 2 heterocycles. The van der Waals surface area contributed by atoms with Crippen LogP contribution in [0.3, 0.4) is 0 Å². The second kappa shape index (κ2) is 13.0. The van der Waals surface area contributed by atoms with E-state index >= 15 is 0 Å². The Bertz CT molecular complexity index is 1110. The van der Waals surface area contributed by atoms with E-state index in [1.54, 1.807) is 31.2 Å². The molecule has 10 heteroatoms. The molecule has 0 radical (unpaired) electrons. The molecule has 4 rings (SSSR count). The van der Waals surface area contributed by atoms with Crippen molar-refractivity contribution in [2.75, 3.05) is 50.5 Å². The van der Waals surface area contributed by atoms with Crippen molar-refractivity contribution in [1.82, 2.24) is 14.5 Å². The highest BCUT2D eigenvalue weighted by molar-refractivity contribution is 8.00. The Kier molecular flexibility index (Phi) is 9.54. The van der Waals surface area contributed by atoms with Crippen LogP contribution in [0.2, 0.25) is 0 Å². The summed E-state index contributed by atoms with van der Waals surface area (Å²) in [5, 5.41) is 3.51. The van der Waals surface area contributed by atoms with Gasteiger partial charge in [0.15, 0.2) is 0 Å². The molecule has 1 aromatic heterocycles. The van der Waals surface area contributed by atoms with Gasteiger partial charge in [-0.25, -0.2) is 9.59 Å². The summed E-state index contributed by atoms with van der Waals surface area (Å²) in [6.07, 6.45) is 4.78. The molecule has 1 aromatic carbocycles. The summed E-state index contributed by atoms with van der Waals surface area (Å²) >= 11 is 1.31. The molecule has 1 N–H and O–H groups in total. The average Bonchev–Trinajstić information content (AvgIpc) is 2.90. The third kappa shape index (κ3) is 6.96. The van der Waals surface area contributed by atoms with Crippen molar-refractivity contribution in [3.05, 3.63) is 51.6 Å². The molecular weight excluding hydrogens is 480 g/mol. The average molecular weight is 515 g/mol. The van der Waals surface area contributed by atoms with Crippen LogP contribution < -0.4 is 11.0 Å². The number of carbonyl (C=O) groups is 2. The number of hydrogen-bond donors (Lipinski definition) is 1. The maximum atomic E-state index is 12.9. The first kappa shape index (κ1) is 26.4. The second-order valence-electron chi connectivity index (χ2n) is 8.93. The molecule has 1 saturated heterocycles. The van der Waals surface area contributed by atoms with Gasteiger partial charge >= 0.3 is 11.7 Å². The number of ether oxygens (including phenoxy) is 2. The monoisotopic (exact) mass is 514 g/mol. The summed E-state index contributed by atoms with van der Waals surface area (Å²) < 4.78 is 12.2. The van der Waals surface area contributed by atoms with Crippen LogP contribution in [0.15, 0.2) is 34.1 Å². The van der Waals surface area contributed by atoms with Gasteiger partial charge in [0.1, 0.15) is 5.03 Å². The molecule has 0 saturated carbocycles. The minimum Gasteiger partial charge on any atom is -0.462 e. The first-order valence-corrected chi connectivity index (χ1v) is 13.7. The van der Waals surface area contributed by atoms with E-state index in [4.69, 9.17) is 9.47 Å². The van der Waals surface area contributed by atoms with Crippen molar-refractivity contribution in [3.8, 4) is 0 Å². The Hall–Kier alpha value is -2.69. The van der Waals surface area contributed by atoms with E-state index in [0.29, 0.717) is 29.4 Å². The van der Waals surface area contributed by atoms with Crippen LogP contribution in [-0.2, 0) is 33.7 Å². The Morgan fingerprint density at radius 2 is 1.86 bits per heavy atom. The molecular formula is C26H34N4O5S. The van der Waals surface area contributed by atoms with Crippen LogP contribution in [0.4, 0.5) is 5.69 Å². The summed E-state index contributed by atoms with van der Waals surface area (Å²) in [5.41, 5.74) is 3.00. The fraction of sp³-hybridized carbons (Fsp3) is 0.538. The zero-order chi connectivity index (χ0) is 25.3. The molecule has 0 unspecified atom stereocenters. The molecule has 1 aliphatic carbocycles. The maximum Gasteiger partial charge on any atom is 0.348 e. The lowest BCUT2D eigenvalue weighted by Gasteiger charge is -2.27. The van der Waals surface area contributed by atoms with Gasteiger partial charge in [0.05, 0.1) is 31.1 Å². The number of anilines is 1. The van der Waals surface area contributed by atoms with Gasteiger partial charge in [0, 0.05) is 43.1 Å². The number of nitrogens with one attached hydrogen (secondary N) is 1. The van der Waals surface area contributed by atoms with Gasteiger partial charge in [0.2, 0.25) is 5.91 Å². The number of benzene rings is 1. The number of morpholine rings is 1. The van der Waals surface area contributed by atoms with Crippen LogP contribution in [0.5, 0.6) is 0 Å². The van der Waals surface area contributed by atoms with Crippen LogP contribution >= 0.6 is 11.8 Å². The van der Waals surface area contributed by atoms with E-state index in [2.05, 4.69) is 15.2 Å². The molecule has 9 nitrogen and oxygen atoms in total. The minimum atomic E-state index is -0.391. The Morgan fingerprint density at radius 3 is 2.61 bits per heavy atom. The van der Waals surface area contributed by atoms with Gasteiger partial charge in [-0.05, 0) is 63.3 Å². The third-order valence-corrected chi connectivity index (χ3v) is 7.45. The van der Waals surface area contributed by atoms with Crippen molar-refractivity contribution in [2.45, 2.75) is 50.6 Å². The smallest absolute Gasteiger partial charge is 0.348 e. The fourth-order valence-corrected chi connectivity index (χ4v) is 5.49. The van der Waals surface area contributed by atoms with Crippen molar-refractivity contribution >= 4 is 29.3 Å². The summed E-state index contributed by atoms with van der Waals surface area (Å²) in [5.74, 6) is -0.429. The topological polar surface area (TPSA) is 103 Å². The van der Waals surface area contributed by atoms with Crippen LogP contribution in [0.1, 0.15) is 47.8 Å². The number of amides is 1. The van der Waals surface area contributed by atoms with Gasteiger partial charge in [-0.2, -0.15) is 4.98 Å². The van der Waals surface area contributed by atoms with Gasteiger partial charge in [-0.1, -0.05) is 11.8 Å². The molecule has 0 bridgehead atoms. The Balaban J connectivity index is 1.36. The summed E-state index contributed by atoms with van der Waals surface area (Å²) in [6, 6.07) is 6.59. The predicted octanol–water partition coefficient (Wildman–Crippen LogP) is 2.75. The molecule has 1 fully saturated rings. The predicted molar refractivity (Wildman–Crippen MR) is 139 cm³/mol. The quantitative estimate of drug-likeness (QED) is 0.293. The largest absolute Gasteiger partial charge is 0.462 e. The first-order valence-electron chi connectivity index (χ1n) is 12.7. The summed E-state index contributed by atoms with van der Waals surface area (Å²) in [6.45, 7) is 7.11. The van der Waals surface area contributed by atoms with Crippen LogP contribution in [0, 0.1) is 0 Å². The minimum absolute atomic E-state index is 0.152. The molecule has 194 valence electrons. The van der Waals surface area contributed by atoms with Crippen molar-refractivity contribution in [2.24, 2.45) is 0 Å². The van der Waals surface area contributed by atoms with E-state index in [9.17, 15) is 14.4 Å².